The first-order valence-corrected chi connectivity index (χ1v) is 13.2. The van der Waals surface area contributed by atoms with Crippen molar-refractivity contribution in [2.75, 3.05) is 18.1 Å². The molecule has 1 aliphatic heterocycles. The Morgan fingerprint density at radius 1 is 1.13 bits per heavy atom. The smallest absolute Gasteiger partial charge is 0.331 e. The number of hydrogen-bond donors (Lipinski definition) is 1. The Morgan fingerprint density at radius 2 is 1.77 bits per heavy atom. The SMILES string of the molecule is CCOc1ccc(CN(C(=O)NS(=O)(=O)c2ccc(C)cc2)C2CCS(=O)(=O)C2)cc1. The zero-order valence-electron chi connectivity index (χ0n) is 17.4. The van der Waals surface area contributed by atoms with Crippen molar-refractivity contribution < 1.29 is 26.4 Å². The van der Waals surface area contributed by atoms with Gasteiger partial charge in [-0.1, -0.05) is 29.8 Å². The summed E-state index contributed by atoms with van der Waals surface area (Å²) >= 11 is 0. The van der Waals surface area contributed by atoms with Crippen LogP contribution < -0.4 is 9.46 Å². The third kappa shape index (κ3) is 5.98. The molecule has 0 bridgehead atoms. The van der Waals surface area contributed by atoms with Gasteiger partial charge in [-0.25, -0.2) is 26.4 Å². The number of aryl methyl sites for hydroxylation is 1. The summed E-state index contributed by atoms with van der Waals surface area (Å²) in [5.41, 5.74) is 1.62. The Balaban J connectivity index is 1.83. The van der Waals surface area contributed by atoms with Gasteiger partial charge in [0.2, 0.25) is 0 Å². The maximum Gasteiger partial charge on any atom is 0.331 e. The number of urea groups is 1. The second-order valence-electron chi connectivity index (χ2n) is 7.49. The van der Waals surface area contributed by atoms with Crippen LogP contribution in [0.25, 0.3) is 0 Å². The molecule has 0 aliphatic carbocycles. The number of nitrogens with zero attached hydrogens (tertiary/aromatic N) is 1. The van der Waals surface area contributed by atoms with Crippen molar-refractivity contribution >= 4 is 25.9 Å². The topological polar surface area (TPSA) is 110 Å². The summed E-state index contributed by atoms with van der Waals surface area (Å²) in [5, 5.41) is 0. The van der Waals surface area contributed by atoms with Gasteiger partial charge < -0.3 is 9.64 Å². The molecule has 0 aromatic heterocycles. The Morgan fingerprint density at radius 3 is 2.32 bits per heavy atom. The Hall–Kier alpha value is -2.59. The Kier molecular flexibility index (Phi) is 6.90. The molecule has 1 saturated heterocycles. The lowest BCUT2D eigenvalue weighted by molar-refractivity contribution is 0.182. The Labute approximate surface area is 183 Å². The van der Waals surface area contributed by atoms with Crippen LogP contribution in [0.4, 0.5) is 4.79 Å². The molecule has 2 aromatic carbocycles. The molecular weight excluding hydrogens is 440 g/mol. The van der Waals surface area contributed by atoms with E-state index in [4.69, 9.17) is 4.74 Å². The third-order valence-corrected chi connectivity index (χ3v) is 8.14. The van der Waals surface area contributed by atoms with Crippen LogP contribution in [0, 0.1) is 6.92 Å². The molecule has 2 aromatic rings. The number of sulfonamides is 1. The summed E-state index contributed by atoms with van der Waals surface area (Å²) in [6.07, 6.45) is 0.261. The van der Waals surface area contributed by atoms with Gasteiger partial charge >= 0.3 is 6.03 Å². The molecule has 0 spiro atoms. The van der Waals surface area contributed by atoms with Gasteiger partial charge in [-0.3, -0.25) is 0 Å². The minimum atomic E-state index is -4.10. The highest BCUT2D eigenvalue weighted by molar-refractivity contribution is 7.91. The number of ether oxygens (including phenoxy) is 1. The summed E-state index contributed by atoms with van der Waals surface area (Å²) in [4.78, 5) is 14.2. The van der Waals surface area contributed by atoms with Gasteiger partial charge in [0, 0.05) is 12.6 Å². The van der Waals surface area contributed by atoms with Gasteiger partial charge in [-0.2, -0.15) is 0 Å². The molecule has 3 rings (SSSR count). The van der Waals surface area contributed by atoms with E-state index in [9.17, 15) is 21.6 Å². The molecule has 31 heavy (non-hydrogen) atoms. The number of rotatable bonds is 7. The summed E-state index contributed by atoms with van der Waals surface area (Å²) in [7, 11) is -7.37. The molecule has 10 heteroatoms. The monoisotopic (exact) mass is 466 g/mol. The fourth-order valence-electron chi connectivity index (χ4n) is 3.39. The number of sulfone groups is 1. The molecule has 0 saturated carbocycles. The van der Waals surface area contributed by atoms with Crippen molar-refractivity contribution in [2.45, 2.75) is 37.8 Å². The zero-order chi connectivity index (χ0) is 22.6. The molecule has 1 aliphatic rings. The fraction of sp³-hybridized carbons (Fsp3) is 0.381. The van der Waals surface area contributed by atoms with Crippen LogP contribution in [0.5, 0.6) is 5.75 Å². The zero-order valence-corrected chi connectivity index (χ0v) is 19.1. The first-order valence-electron chi connectivity index (χ1n) is 9.92. The maximum atomic E-state index is 13.0. The third-order valence-electron chi connectivity index (χ3n) is 5.05. The quantitative estimate of drug-likeness (QED) is 0.671. The van der Waals surface area contributed by atoms with E-state index in [1.807, 2.05) is 13.8 Å². The van der Waals surface area contributed by atoms with Crippen LogP contribution in [0.3, 0.4) is 0 Å². The summed E-state index contributed by atoms with van der Waals surface area (Å²) in [6.45, 7) is 4.29. The maximum absolute atomic E-state index is 13.0. The number of benzene rings is 2. The lowest BCUT2D eigenvalue weighted by Crippen LogP contribution is -2.48. The normalized spacial score (nSPS) is 17.8. The number of carbonyl (C=O) groups excluding carboxylic acids is 1. The van der Waals surface area contributed by atoms with Gasteiger partial charge in [-0.15, -0.1) is 0 Å². The van der Waals surface area contributed by atoms with E-state index in [1.165, 1.54) is 17.0 Å². The largest absolute Gasteiger partial charge is 0.494 e. The van der Waals surface area contributed by atoms with E-state index in [0.29, 0.717) is 12.4 Å². The highest BCUT2D eigenvalue weighted by Gasteiger charge is 2.36. The minimum Gasteiger partial charge on any atom is -0.494 e. The second kappa shape index (κ2) is 9.27. The summed E-state index contributed by atoms with van der Waals surface area (Å²) in [6, 6.07) is 11.7. The van der Waals surface area contributed by atoms with Crippen LogP contribution in [0.1, 0.15) is 24.5 Å². The van der Waals surface area contributed by atoms with E-state index in [2.05, 4.69) is 4.72 Å². The minimum absolute atomic E-state index is 0.0323. The molecule has 0 radical (unpaired) electrons. The van der Waals surface area contributed by atoms with Gasteiger partial charge in [-0.05, 0) is 50.1 Å². The van der Waals surface area contributed by atoms with Crippen LogP contribution >= 0.6 is 0 Å². The number of hydrogen-bond acceptors (Lipinski definition) is 6. The van der Waals surface area contributed by atoms with Crippen molar-refractivity contribution in [2.24, 2.45) is 0 Å². The van der Waals surface area contributed by atoms with Crippen LogP contribution in [-0.2, 0) is 26.4 Å². The predicted molar refractivity (Wildman–Crippen MR) is 117 cm³/mol. The molecule has 8 nitrogen and oxygen atoms in total. The number of carbonyl (C=O) groups is 1. The van der Waals surface area contributed by atoms with E-state index < -0.39 is 31.9 Å². The van der Waals surface area contributed by atoms with Gasteiger partial charge in [0.15, 0.2) is 9.84 Å². The lowest BCUT2D eigenvalue weighted by Gasteiger charge is -2.28. The molecular formula is C21H26N2O6S2. The second-order valence-corrected chi connectivity index (χ2v) is 11.4. The number of amides is 2. The van der Waals surface area contributed by atoms with Crippen molar-refractivity contribution in [3.8, 4) is 5.75 Å². The molecule has 168 valence electrons. The van der Waals surface area contributed by atoms with Gasteiger partial charge in [0.25, 0.3) is 10.0 Å². The fourth-order valence-corrected chi connectivity index (χ4v) is 6.08. The molecule has 1 fully saturated rings. The van der Waals surface area contributed by atoms with E-state index in [1.54, 1.807) is 36.4 Å². The molecule has 1 atom stereocenters. The molecule has 1 heterocycles. The number of nitrogens with one attached hydrogen (secondary N) is 1. The average Bonchev–Trinajstić information content (AvgIpc) is 3.07. The molecule has 2 amide bonds. The van der Waals surface area contributed by atoms with Crippen LogP contribution in [-0.4, -0.2) is 51.9 Å². The standard InChI is InChI=1S/C21H26N2O6S2/c1-3-29-19-8-6-17(7-9-19)14-23(18-12-13-30(25,26)15-18)21(24)22-31(27,28)20-10-4-16(2)5-11-20/h4-11,18H,3,12-15H2,1-2H3,(H,22,24). The Bertz CT molecular complexity index is 1130. The van der Waals surface area contributed by atoms with Crippen molar-refractivity contribution in [1.82, 2.24) is 9.62 Å². The van der Waals surface area contributed by atoms with Gasteiger partial charge in [0.1, 0.15) is 5.75 Å². The van der Waals surface area contributed by atoms with E-state index in [-0.39, 0.29) is 29.4 Å². The van der Waals surface area contributed by atoms with E-state index in [0.717, 1.165) is 11.1 Å². The van der Waals surface area contributed by atoms with Crippen molar-refractivity contribution in [1.29, 1.82) is 0 Å². The predicted octanol–water partition coefficient (Wildman–Crippen LogP) is 2.48. The highest BCUT2D eigenvalue weighted by atomic mass is 32.2. The van der Waals surface area contributed by atoms with Crippen molar-refractivity contribution in [3.05, 3.63) is 59.7 Å². The first-order chi connectivity index (χ1) is 14.6. The highest BCUT2D eigenvalue weighted by Crippen LogP contribution is 2.22. The molecule has 1 N–H and O–H groups in total. The molecule has 1 unspecified atom stereocenters. The van der Waals surface area contributed by atoms with Crippen LogP contribution in [0.15, 0.2) is 53.4 Å². The average molecular weight is 467 g/mol. The lowest BCUT2D eigenvalue weighted by atomic mass is 10.1. The van der Waals surface area contributed by atoms with Crippen molar-refractivity contribution in [3.63, 3.8) is 0 Å². The summed E-state index contributed by atoms with van der Waals surface area (Å²) in [5.74, 6) is 0.449. The summed E-state index contributed by atoms with van der Waals surface area (Å²) < 4.78 is 56.8. The van der Waals surface area contributed by atoms with Gasteiger partial charge in [0.05, 0.1) is 23.0 Å². The van der Waals surface area contributed by atoms with Crippen LogP contribution in [0.2, 0.25) is 0 Å². The first kappa shape index (κ1) is 23.1. The van der Waals surface area contributed by atoms with E-state index >= 15 is 0 Å².